The summed E-state index contributed by atoms with van der Waals surface area (Å²) >= 11 is 0. The van der Waals surface area contributed by atoms with Crippen LogP contribution in [0.4, 0.5) is 0 Å². The smallest absolute Gasteiger partial charge is 0.217 e. The van der Waals surface area contributed by atoms with Gasteiger partial charge in [-0.05, 0) is 30.2 Å². The van der Waals surface area contributed by atoms with E-state index in [1.165, 1.54) is 0 Å². The van der Waals surface area contributed by atoms with Crippen molar-refractivity contribution in [3.05, 3.63) is 30.0 Å². The first-order valence-electron chi connectivity index (χ1n) is 5.03. The zero-order valence-corrected chi connectivity index (χ0v) is 9.03. The van der Waals surface area contributed by atoms with Crippen LogP contribution in [-0.2, 0) is 11.2 Å². The summed E-state index contributed by atoms with van der Waals surface area (Å²) in [5.41, 5.74) is 6.89. The molecule has 2 N–H and O–H groups in total. The molecule has 0 bridgehead atoms. The topological polar surface area (TPSA) is 65.5 Å². The van der Waals surface area contributed by atoms with Gasteiger partial charge < -0.3 is 14.9 Å². The Hall–Kier alpha value is -1.97. The maximum absolute atomic E-state index is 10.7. The molecule has 0 saturated heterocycles. The summed E-state index contributed by atoms with van der Waals surface area (Å²) in [4.78, 5) is 10.7. The largest absolute Gasteiger partial charge is 0.497 e. The molecule has 0 aliphatic heterocycles. The highest BCUT2D eigenvalue weighted by molar-refractivity contribution is 5.83. The summed E-state index contributed by atoms with van der Waals surface area (Å²) in [6.45, 7) is 0. The Kier molecular flexibility index (Phi) is 2.81. The van der Waals surface area contributed by atoms with E-state index in [1.807, 2.05) is 18.2 Å². The summed E-state index contributed by atoms with van der Waals surface area (Å²) in [7, 11) is 1.62. The standard InChI is InChI=1S/C12H13NO3/c1-15-9-3-4-11-10(6-9)8(7-16-11)2-5-12(13)14/h3-4,6-7H,2,5H2,1H3,(H2,13,14). The Morgan fingerprint density at radius 3 is 3.00 bits per heavy atom. The molecule has 16 heavy (non-hydrogen) atoms. The molecule has 0 aliphatic rings. The number of furan rings is 1. The molecule has 4 heteroatoms. The molecule has 4 nitrogen and oxygen atoms in total. The molecule has 0 fully saturated rings. The van der Waals surface area contributed by atoms with E-state index in [4.69, 9.17) is 14.9 Å². The molecule has 1 aromatic carbocycles. The van der Waals surface area contributed by atoms with E-state index in [2.05, 4.69) is 0 Å². The molecule has 0 atom stereocenters. The quantitative estimate of drug-likeness (QED) is 0.853. The van der Waals surface area contributed by atoms with E-state index in [0.717, 1.165) is 22.3 Å². The number of carbonyl (C=O) groups is 1. The maximum Gasteiger partial charge on any atom is 0.217 e. The number of carbonyl (C=O) groups excluding carboxylic acids is 1. The zero-order chi connectivity index (χ0) is 11.5. The Balaban J connectivity index is 2.34. The van der Waals surface area contributed by atoms with Crippen LogP contribution in [0.5, 0.6) is 5.75 Å². The third-order valence-corrected chi connectivity index (χ3v) is 2.50. The highest BCUT2D eigenvalue weighted by atomic mass is 16.5. The number of hydrogen-bond acceptors (Lipinski definition) is 3. The number of ether oxygens (including phenoxy) is 1. The Bertz CT molecular complexity index is 516. The van der Waals surface area contributed by atoms with Gasteiger partial charge in [0.25, 0.3) is 0 Å². The minimum absolute atomic E-state index is 0.308. The molecule has 84 valence electrons. The number of rotatable bonds is 4. The van der Waals surface area contributed by atoms with Gasteiger partial charge in [-0.15, -0.1) is 0 Å². The van der Waals surface area contributed by atoms with Crippen LogP contribution in [0.1, 0.15) is 12.0 Å². The van der Waals surface area contributed by atoms with Gasteiger partial charge in [0.2, 0.25) is 5.91 Å². The van der Waals surface area contributed by atoms with Gasteiger partial charge in [-0.2, -0.15) is 0 Å². The summed E-state index contributed by atoms with van der Waals surface area (Å²) in [5.74, 6) is 0.464. The average molecular weight is 219 g/mol. The lowest BCUT2D eigenvalue weighted by molar-refractivity contribution is -0.117. The van der Waals surface area contributed by atoms with Crippen LogP contribution in [0.3, 0.4) is 0 Å². The first-order chi connectivity index (χ1) is 7.70. The van der Waals surface area contributed by atoms with Crippen molar-refractivity contribution in [1.82, 2.24) is 0 Å². The fraction of sp³-hybridized carbons (Fsp3) is 0.250. The summed E-state index contributed by atoms with van der Waals surface area (Å²) in [6, 6.07) is 5.58. The second-order valence-corrected chi connectivity index (χ2v) is 3.59. The lowest BCUT2D eigenvalue weighted by Gasteiger charge is -1.99. The second-order valence-electron chi connectivity index (χ2n) is 3.59. The average Bonchev–Trinajstić information content (AvgIpc) is 2.68. The minimum Gasteiger partial charge on any atom is -0.497 e. The molecule has 0 unspecified atom stereocenters. The second kappa shape index (κ2) is 4.26. The number of aryl methyl sites for hydroxylation is 1. The van der Waals surface area contributed by atoms with Gasteiger partial charge in [0.1, 0.15) is 11.3 Å². The highest BCUT2D eigenvalue weighted by Crippen LogP contribution is 2.26. The van der Waals surface area contributed by atoms with Gasteiger partial charge in [-0.25, -0.2) is 0 Å². The van der Waals surface area contributed by atoms with Crippen LogP contribution in [0.2, 0.25) is 0 Å². The highest BCUT2D eigenvalue weighted by Gasteiger charge is 2.08. The fourth-order valence-electron chi connectivity index (χ4n) is 1.64. The van der Waals surface area contributed by atoms with Crippen molar-refractivity contribution in [1.29, 1.82) is 0 Å². The maximum atomic E-state index is 10.7. The number of hydrogen-bond donors (Lipinski definition) is 1. The molecule has 0 saturated carbocycles. The molecule has 2 rings (SSSR count). The molecule has 1 amide bonds. The van der Waals surface area contributed by atoms with Crippen molar-refractivity contribution in [2.75, 3.05) is 7.11 Å². The van der Waals surface area contributed by atoms with E-state index in [0.29, 0.717) is 12.8 Å². The van der Waals surface area contributed by atoms with Crippen molar-refractivity contribution in [2.45, 2.75) is 12.8 Å². The van der Waals surface area contributed by atoms with E-state index in [1.54, 1.807) is 13.4 Å². The summed E-state index contributed by atoms with van der Waals surface area (Å²) in [6.07, 6.45) is 2.58. The normalized spacial score (nSPS) is 10.6. The van der Waals surface area contributed by atoms with Gasteiger partial charge in [0, 0.05) is 11.8 Å². The number of fused-ring (bicyclic) bond motifs is 1. The minimum atomic E-state index is -0.308. The summed E-state index contributed by atoms with van der Waals surface area (Å²) in [5, 5.41) is 0.973. The first-order valence-corrected chi connectivity index (χ1v) is 5.03. The number of nitrogens with two attached hydrogens (primary N) is 1. The third kappa shape index (κ3) is 2.00. The monoisotopic (exact) mass is 219 g/mol. The molecule has 0 radical (unpaired) electrons. The SMILES string of the molecule is COc1ccc2occ(CCC(N)=O)c2c1. The molecular formula is C12H13NO3. The van der Waals surface area contributed by atoms with Gasteiger partial charge in [-0.3, -0.25) is 4.79 Å². The molecule has 0 spiro atoms. The number of amides is 1. The zero-order valence-electron chi connectivity index (χ0n) is 9.03. The predicted octanol–water partition coefficient (Wildman–Crippen LogP) is 1.86. The summed E-state index contributed by atoms with van der Waals surface area (Å²) < 4.78 is 10.5. The van der Waals surface area contributed by atoms with Crippen molar-refractivity contribution in [3.8, 4) is 5.75 Å². The number of benzene rings is 1. The fourth-order valence-corrected chi connectivity index (χ4v) is 1.64. The number of methoxy groups -OCH3 is 1. The lowest BCUT2D eigenvalue weighted by Crippen LogP contribution is -2.10. The van der Waals surface area contributed by atoms with Crippen LogP contribution in [-0.4, -0.2) is 13.0 Å². The Morgan fingerprint density at radius 1 is 1.50 bits per heavy atom. The Morgan fingerprint density at radius 2 is 2.31 bits per heavy atom. The van der Waals surface area contributed by atoms with Crippen LogP contribution < -0.4 is 10.5 Å². The van der Waals surface area contributed by atoms with Gasteiger partial charge >= 0.3 is 0 Å². The van der Waals surface area contributed by atoms with E-state index < -0.39 is 0 Å². The van der Waals surface area contributed by atoms with E-state index in [-0.39, 0.29) is 5.91 Å². The molecule has 2 aromatic rings. The lowest BCUT2D eigenvalue weighted by atomic mass is 10.1. The first kappa shape index (κ1) is 10.5. The Labute approximate surface area is 93.0 Å². The van der Waals surface area contributed by atoms with Crippen LogP contribution in [0, 0.1) is 0 Å². The van der Waals surface area contributed by atoms with Crippen molar-refractivity contribution in [2.24, 2.45) is 5.73 Å². The molecule has 0 aliphatic carbocycles. The third-order valence-electron chi connectivity index (χ3n) is 2.50. The van der Waals surface area contributed by atoms with Gasteiger partial charge in [0.05, 0.1) is 13.4 Å². The van der Waals surface area contributed by atoms with Crippen molar-refractivity contribution < 1.29 is 13.9 Å². The van der Waals surface area contributed by atoms with E-state index in [9.17, 15) is 4.79 Å². The van der Waals surface area contributed by atoms with Crippen LogP contribution in [0.25, 0.3) is 11.0 Å². The van der Waals surface area contributed by atoms with Crippen LogP contribution >= 0.6 is 0 Å². The van der Waals surface area contributed by atoms with Crippen LogP contribution in [0.15, 0.2) is 28.9 Å². The molecule has 1 heterocycles. The van der Waals surface area contributed by atoms with Gasteiger partial charge in [0.15, 0.2) is 0 Å². The predicted molar refractivity (Wildman–Crippen MR) is 60.3 cm³/mol. The van der Waals surface area contributed by atoms with E-state index >= 15 is 0 Å². The van der Waals surface area contributed by atoms with Crippen molar-refractivity contribution >= 4 is 16.9 Å². The molecular weight excluding hydrogens is 206 g/mol. The van der Waals surface area contributed by atoms with Gasteiger partial charge in [-0.1, -0.05) is 0 Å². The number of primary amides is 1. The molecule has 1 aromatic heterocycles. The van der Waals surface area contributed by atoms with Crippen molar-refractivity contribution in [3.63, 3.8) is 0 Å².